The van der Waals surface area contributed by atoms with E-state index in [4.69, 9.17) is 21.1 Å². The highest BCUT2D eigenvalue weighted by atomic mass is 79.9. The molecule has 0 bridgehead atoms. The van der Waals surface area contributed by atoms with Gasteiger partial charge < -0.3 is 9.47 Å². The van der Waals surface area contributed by atoms with Crippen LogP contribution in [0.1, 0.15) is 49.9 Å². The highest BCUT2D eigenvalue weighted by molar-refractivity contribution is 9.09. The molecule has 1 fully saturated rings. The average Bonchev–Trinajstić information content (AvgIpc) is 2.45. The minimum absolute atomic E-state index is 0.236. The summed E-state index contributed by atoms with van der Waals surface area (Å²) in [5.74, 6) is 1.98. The molecule has 2 atom stereocenters. The number of ether oxygens (including phenoxy) is 2. The summed E-state index contributed by atoms with van der Waals surface area (Å²) in [5, 5.41) is 0.732. The molecule has 0 aliphatic heterocycles. The van der Waals surface area contributed by atoms with Crippen molar-refractivity contribution in [1.82, 2.24) is 0 Å². The van der Waals surface area contributed by atoms with E-state index in [2.05, 4.69) is 29.8 Å². The third kappa shape index (κ3) is 3.50. The van der Waals surface area contributed by atoms with Crippen molar-refractivity contribution in [1.29, 1.82) is 0 Å². The van der Waals surface area contributed by atoms with Crippen LogP contribution in [0.15, 0.2) is 12.1 Å². The first-order valence-corrected chi connectivity index (χ1v) is 8.75. The lowest BCUT2D eigenvalue weighted by Crippen LogP contribution is -2.30. The molecule has 0 aromatic heterocycles. The van der Waals surface area contributed by atoms with Gasteiger partial charge in [-0.05, 0) is 35.8 Å². The Morgan fingerprint density at radius 3 is 2.38 bits per heavy atom. The lowest BCUT2D eigenvalue weighted by atomic mass is 9.67. The molecule has 0 amide bonds. The average molecular weight is 376 g/mol. The van der Waals surface area contributed by atoms with Crippen LogP contribution in [-0.2, 0) is 0 Å². The molecular weight excluding hydrogens is 352 g/mol. The monoisotopic (exact) mass is 374 g/mol. The summed E-state index contributed by atoms with van der Waals surface area (Å²) in [7, 11) is 3.28. The predicted molar refractivity (Wildman–Crippen MR) is 92.0 cm³/mol. The first-order chi connectivity index (χ1) is 9.90. The Morgan fingerprint density at radius 1 is 1.19 bits per heavy atom. The lowest BCUT2D eigenvalue weighted by molar-refractivity contribution is 0.136. The third-order valence-electron chi connectivity index (χ3n) is 4.74. The van der Waals surface area contributed by atoms with Gasteiger partial charge in [0.05, 0.1) is 14.2 Å². The van der Waals surface area contributed by atoms with Crippen molar-refractivity contribution < 1.29 is 9.47 Å². The van der Waals surface area contributed by atoms with E-state index >= 15 is 0 Å². The van der Waals surface area contributed by atoms with Crippen molar-refractivity contribution in [3.8, 4) is 11.5 Å². The molecule has 0 heterocycles. The zero-order chi connectivity index (χ0) is 15.6. The van der Waals surface area contributed by atoms with Gasteiger partial charge >= 0.3 is 0 Å². The molecule has 21 heavy (non-hydrogen) atoms. The fourth-order valence-corrected chi connectivity index (χ4v) is 5.12. The largest absolute Gasteiger partial charge is 0.493 e. The lowest BCUT2D eigenvalue weighted by Gasteiger charge is -2.41. The molecule has 0 saturated heterocycles. The molecule has 1 saturated carbocycles. The van der Waals surface area contributed by atoms with Gasteiger partial charge in [-0.15, -0.1) is 0 Å². The maximum Gasteiger partial charge on any atom is 0.162 e. The second kappa shape index (κ2) is 6.78. The summed E-state index contributed by atoms with van der Waals surface area (Å²) in [4.78, 5) is 0.236. The Labute approximate surface area is 141 Å². The van der Waals surface area contributed by atoms with Gasteiger partial charge in [-0.25, -0.2) is 0 Å². The smallest absolute Gasteiger partial charge is 0.162 e. The summed E-state index contributed by atoms with van der Waals surface area (Å²) >= 11 is 10.4. The summed E-state index contributed by atoms with van der Waals surface area (Å²) in [6.45, 7) is 4.72. The molecule has 0 radical (unpaired) electrons. The van der Waals surface area contributed by atoms with Crippen LogP contribution in [0.5, 0.6) is 11.5 Å². The molecule has 1 aliphatic carbocycles. The molecule has 0 spiro atoms. The van der Waals surface area contributed by atoms with Crippen LogP contribution < -0.4 is 9.47 Å². The number of hydrogen-bond donors (Lipinski definition) is 0. The number of methoxy groups -OCH3 is 2. The van der Waals surface area contributed by atoms with E-state index in [1.165, 1.54) is 25.7 Å². The number of hydrogen-bond acceptors (Lipinski definition) is 2. The van der Waals surface area contributed by atoms with E-state index in [-0.39, 0.29) is 4.83 Å². The highest BCUT2D eigenvalue weighted by Crippen LogP contribution is 2.52. The Morgan fingerprint density at radius 2 is 1.81 bits per heavy atom. The zero-order valence-corrected chi connectivity index (χ0v) is 15.6. The van der Waals surface area contributed by atoms with Gasteiger partial charge in [-0.3, -0.25) is 0 Å². The maximum atomic E-state index is 6.48. The van der Waals surface area contributed by atoms with Crippen molar-refractivity contribution in [2.75, 3.05) is 14.2 Å². The van der Waals surface area contributed by atoms with E-state index in [0.717, 1.165) is 16.3 Å². The second-order valence-corrected chi connectivity index (χ2v) is 7.87. The Kier molecular flexibility index (Phi) is 5.48. The van der Waals surface area contributed by atoms with Gasteiger partial charge in [0.25, 0.3) is 0 Å². The first-order valence-electron chi connectivity index (χ1n) is 7.46. The fourth-order valence-electron chi connectivity index (χ4n) is 3.36. The molecule has 1 aromatic carbocycles. The van der Waals surface area contributed by atoms with Crippen molar-refractivity contribution in [3.05, 3.63) is 22.7 Å². The predicted octanol–water partition coefficient (Wildman–Crippen LogP) is 6.01. The highest BCUT2D eigenvalue weighted by Gasteiger charge is 2.38. The molecule has 1 aromatic rings. The second-order valence-electron chi connectivity index (χ2n) is 6.47. The molecule has 2 nitrogen and oxygen atoms in total. The summed E-state index contributed by atoms with van der Waals surface area (Å²) in [5.41, 5.74) is 1.41. The SMILES string of the molecule is COc1cc(Cl)c(C(Br)C2CCCCC2(C)C)cc1OC. The minimum Gasteiger partial charge on any atom is -0.493 e. The van der Waals surface area contributed by atoms with Gasteiger partial charge in [0.1, 0.15) is 0 Å². The topological polar surface area (TPSA) is 18.5 Å². The van der Waals surface area contributed by atoms with Crippen molar-refractivity contribution in [3.63, 3.8) is 0 Å². The standard InChI is InChI=1S/C17H24BrClO2/c1-17(2)8-6-5-7-12(17)16(18)11-9-14(20-3)15(21-4)10-13(11)19/h9-10,12,16H,5-8H2,1-4H3. The van der Waals surface area contributed by atoms with Gasteiger partial charge in [0, 0.05) is 15.9 Å². The fraction of sp³-hybridized carbons (Fsp3) is 0.647. The first kappa shape index (κ1) is 17.0. The van der Waals surface area contributed by atoms with E-state index in [9.17, 15) is 0 Å². The molecule has 4 heteroatoms. The van der Waals surface area contributed by atoms with Gasteiger partial charge in [0.15, 0.2) is 11.5 Å². The van der Waals surface area contributed by atoms with Crippen LogP contribution in [0.2, 0.25) is 5.02 Å². The van der Waals surface area contributed by atoms with Crippen molar-refractivity contribution in [2.24, 2.45) is 11.3 Å². The molecule has 118 valence electrons. The summed E-state index contributed by atoms with van der Waals surface area (Å²) < 4.78 is 10.7. The van der Waals surface area contributed by atoms with E-state index in [1.807, 2.05) is 12.1 Å². The van der Waals surface area contributed by atoms with Crippen LogP contribution in [0.4, 0.5) is 0 Å². The van der Waals surface area contributed by atoms with Gasteiger partial charge in [0.2, 0.25) is 0 Å². The Bertz CT molecular complexity index is 502. The summed E-state index contributed by atoms with van der Waals surface area (Å²) in [6, 6.07) is 3.85. The van der Waals surface area contributed by atoms with Crippen LogP contribution in [-0.4, -0.2) is 14.2 Å². The van der Waals surface area contributed by atoms with E-state index in [1.54, 1.807) is 14.2 Å². The number of benzene rings is 1. The van der Waals surface area contributed by atoms with Crippen molar-refractivity contribution in [2.45, 2.75) is 44.4 Å². The summed E-state index contributed by atoms with van der Waals surface area (Å²) in [6.07, 6.45) is 5.11. The van der Waals surface area contributed by atoms with Crippen LogP contribution in [0.3, 0.4) is 0 Å². The van der Waals surface area contributed by atoms with Crippen LogP contribution in [0.25, 0.3) is 0 Å². The molecular formula is C17H24BrClO2. The molecule has 0 N–H and O–H groups in total. The molecule has 2 rings (SSSR count). The quantitative estimate of drug-likeness (QED) is 0.600. The number of rotatable bonds is 4. The normalized spacial score (nSPS) is 22.7. The maximum absolute atomic E-state index is 6.48. The van der Waals surface area contributed by atoms with Crippen LogP contribution in [0, 0.1) is 11.3 Å². The number of alkyl halides is 1. The van der Waals surface area contributed by atoms with E-state index in [0.29, 0.717) is 17.1 Å². The minimum atomic E-state index is 0.236. The molecule has 1 aliphatic rings. The third-order valence-corrected chi connectivity index (χ3v) is 6.20. The van der Waals surface area contributed by atoms with Crippen LogP contribution >= 0.6 is 27.5 Å². The number of halogens is 2. The van der Waals surface area contributed by atoms with Gasteiger partial charge in [-0.2, -0.15) is 0 Å². The Hall–Kier alpha value is -0.410. The Balaban J connectivity index is 2.36. The zero-order valence-electron chi connectivity index (χ0n) is 13.2. The van der Waals surface area contributed by atoms with Crippen molar-refractivity contribution >= 4 is 27.5 Å². The molecule has 2 unspecified atom stereocenters. The van der Waals surface area contributed by atoms with Gasteiger partial charge in [-0.1, -0.05) is 54.2 Å². The van der Waals surface area contributed by atoms with E-state index < -0.39 is 0 Å².